The number of aliphatic hydroxyl groups is 1. The van der Waals surface area contributed by atoms with Crippen LogP contribution in [0, 0.1) is 6.92 Å². The van der Waals surface area contributed by atoms with E-state index in [0.29, 0.717) is 10.6 Å². The maximum atomic E-state index is 11.7. The van der Waals surface area contributed by atoms with Gasteiger partial charge in [-0.25, -0.2) is 0 Å². The molecule has 0 bridgehead atoms. The van der Waals surface area contributed by atoms with Crippen LogP contribution in [-0.2, 0) is 0 Å². The van der Waals surface area contributed by atoms with Gasteiger partial charge in [0.1, 0.15) is 0 Å². The van der Waals surface area contributed by atoms with E-state index < -0.39 is 0 Å². The first kappa shape index (κ1) is 12.0. The topological polar surface area (TPSA) is 49.3 Å². The summed E-state index contributed by atoms with van der Waals surface area (Å²) in [5.41, 5.74) is 1.41. The zero-order chi connectivity index (χ0) is 11.4. The van der Waals surface area contributed by atoms with Crippen LogP contribution in [0.5, 0.6) is 0 Å². The number of carbonyl (C=O) groups is 1. The van der Waals surface area contributed by atoms with Crippen LogP contribution in [0.1, 0.15) is 22.8 Å². The summed E-state index contributed by atoms with van der Waals surface area (Å²) < 4.78 is 0. The average Bonchev–Trinajstić information content (AvgIpc) is 2.17. The van der Waals surface area contributed by atoms with Crippen molar-refractivity contribution in [1.29, 1.82) is 0 Å². The van der Waals surface area contributed by atoms with Crippen molar-refractivity contribution in [2.45, 2.75) is 19.9 Å². The highest BCUT2D eigenvalue weighted by Gasteiger charge is 2.11. The number of aryl methyl sites for hydroxylation is 1. The van der Waals surface area contributed by atoms with E-state index in [4.69, 9.17) is 16.7 Å². The van der Waals surface area contributed by atoms with Gasteiger partial charge in [-0.3, -0.25) is 4.79 Å². The van der Waals surface area contributed by atoms with Crippen LogP contribution in [0.4, 0.5) is 0 Å². The first-order chi connectivity index (χ1) is 7.04. The smallest absolute Gasteiger partial charge is 0.251 e. The molecule has 1 aromatic rings. The molecular formula is C11H14ClNO2. The Kier molecular flexibility index (Phi) is 4.12. The van der Waals surface area contributed by atoms with E-state index in [0.717, 1.165) is 5.56 Å². The Balaban J connectivity index is 2.82. The van der Waals surface area contributed by atoms with Crippen molar-refractivity contribution in [3.05, 3.63) is 34.3 Å². The molecule has 0 saturated carbocycles. The number of hydrogen-bond donors (Lipinski definition) is 2. The molecule has 0 aliphatic carbocycles. The molecule has 3 nitrogen and oxygen atoms in total. The average molecular weight is 228 g/mol. The fourth-order valence-electron chi connectivity index (χ4n) is 1.23. The lowest BCUT2D eigenvalue weighted by molar-refractivity contribution is 0.0921. The van der Waals surface area contributed by atoms with Crippen LogP contribution >= 0.6 is 11.6 Å². The van der Waals surface area contributed by atoms with Gasteiger partial charge in [-0.2, -0.15) is 0 Å². The van der Waals surface area contributed by atoms with Crippen LogP contribution in [0.15, 0.2) is 18.2 Å². The monoisotopic (exact) mass is 227 g/mol. The van der Waals surface area contributed by atoms with E-state index in [1.807, 2.05) is 6.92 Å². The van der Waals surface area contributed by atoms with Gasteiger partial charge in [-0.15, -0.1) is 0 Å². The molecule has 1 atom stereocenters. The van der Waals surface area contributed by atoms with Crippen LogP contribution in [-0.4, -0.2) is 23.7 Å². The van der Waals surface area contributed by atoms with Crippen LogP contribution in [0.2, 0.25) is 5.02 Å². The maximum Gasteiger partial charge on any atom is 0.251 e. The Hall–Kier alpha value is -1.06. The van der Waals surface area contributed by atoms with Crippen molar-refractivity contribution in [3.8, 4) is 0 Å². The fraction of sp³-hybridized carbons (Fsp3) is 0.364. The molecule has 2 N–H and O–H groups in total. The molecule has 82 valence electrons. The summed E-state index contributed by atoms with van der Waals surface area (Å²) in [6.07, 6.45) is 0. The predicted octanol–water partition coefficient (Wildman–Crippen LogP) is 1.76. The largest absolute Gasteiger partial charge is 0.394 e. The molecule has 1 rings (SSSR count). The van der Waals surface area contributed by atoms with Gasteiger partial charge in [-0.05, 0) is 37.6 Å². The summed E-state index contributed by atoms with van der Waals surface area (Å²) in [5.74, 6) is -0.189. The summed E-state index contributed by atoms with van der Waals surface area (Å²) in [6.45, 7) is 3.49. The number of carbonyl (C=O) groups excluding carboxylic acids is 1. The third-order valence-corrected chi connectivity index (χ3v) is 2.32. The van der Waals surface area contributed by atoms with Gasteiger partial charge in [0.2, 0.25) is 0 Å². The second-order valence-electron chi connectivity index (χ2n) is 3.52. The minimum absolute atomic E-state index is 0.0711. The molecule has 1 aromatic carbocycles. The van der Waals surface area contributed by atoms with E-state index in [1.165, 1.54) is 0 Å². The van der Waals surface area contributed by atoms with Crippen LogP contribution < -0.4 is 5.32 Å². The summed E-state index contributed by atoms with van der Waals surface area (Å²) in [7, 11) is 0. The van der Waals surface area contributed by atoms with Gasteiger partial charge < -0.3 is 10.4 Å². The summed E-state index contributed by atoms with van der Waals surface area (Å²) in [4.78, 5) is 11.7. The third kappa shape index (κ3) is 3.22. The molecule has 1 amide bonds. The summed E-state index contributed by atoms with van der Waals surface area (Å²) >= 11 is 5.78. The normalized spacial score (nSPS) is 12.3. The number of nitrogens with one attached hydrogen (secondary N) is 1. The zero-order valence-electron chi connectivity index (χ0n) is 8.75. The minimum atomic E-state index is -0.243. The van der Waals surface area contributed by atoms with Gasteiger partial charge in [0.25, 0.3) is 5.91 Å². The standard InChI is InChI=1S/C11H14ClNO2/c1-7-5-9(12)3-4-10(7)11(15)13-8(2)6-14/h3-5,8,14H,6H2,1-2H3,(H,13,15)/t8-/m0/s1. The lowest BCUT2D eigenvalue weighted by atomic mass is 10.1. The van der Waals surface area contributed by atoms with Crippen molar-refractivity contribution < 1.29 is 9.90 Å². The Bertz CT molecular complexity index is 366. The van der Waals surface area contributed by atoms with Crippen LogP contribution in [0.3, 0.4) is 0 Å². The van der Waals surface area contributed by atoms with Crippen molar-refractivity contribution in [2.24, 2.45) is 0 Å². The molecule has 0 aromatic heterocycles. The number of hydrogen-bond acceptors (Lipinski definition) is 2. The second-order valence-corrected chi connectivity index (χ2v) is 3.95. The SMILES string of the molecule is Cc1cc(Cl)ccc1C(=O)N[C@@H](C)CO. The summed E-state index contributed by atoms with van der Waals surface area (Å²) in [6, 6.07) is 4.84. The predicted molar refractivity (Wildman–Crippen MR) is 60.2 cm³/mol. The highest BCUT2D eigenvalue weighted by atomic mass is 35.5. The Morgan fingerprint density at radius 1 is 1.60 bits per heavy atom. The number of halogens is 1. The quantitative estimate of drug-likeness (QED) is 0.827. The molecule has 0 spiro atoms. The third-order valence-electron chi connectivity index (χ3n) is 2.08. The van der Waals surface area contributed by atoms with E-state index in [9.17, 15) is 4.79 Å². The number of aliphatic hydroxyl groups excluding tert-OH is 1. The van der Waals surface area contributed by atoms with Gasteiger partial charge in [0, 0.05) is 16.6 Å². The first-order valence-electron chi connectivity index (χ1n) is 4.72. The molecule has 0 aliphatic heterocycles. The lowest BCUT2D eigenvalue weighted by Crippen LogP contribution is -2.35. The Morgan fingerprint density at radius 3 is 2.80 bits per heavy atom. The number of benzene rings is 1. The van der Waals surface area contributed by atoms with Crippen LogP contribution in [0.25, 0.3) is 0 Å². The minimum Gasteiger partial charge on any atom is -0.394 e. The van der Waals surface area contributed by atoms with Crippen molar-refractivity contribution in [3.63, 3.8) is 0 Å². The molecule has 0 radical (unpaired) electrons. The number of amides is 1. The van der Waals surface area contributed by atoms with Crippen molar-refractivity contribution in [1.82, 2.24) is 5.32 Å². The van der Waals surface area contributed by atoms with Gasteiger partial charge in [0.05, 0.1) is 6.61 Å². The van der Waals surface area contributed by atoms with E-state index in [1.54, 1.807) is 25.1 Å². The molecule has 0 aliphatic rings. The van der Waals surface area contributed by atoms with E-state index in [2.05, 4.69) is 5.32 Å². The van der Waals surface area contributed by atoms with Gasteiger partial charge in [-0.1, -0.05) is 11.6 Å². The summed E-state index contributed by atoms with van der Waals surface area (Å²) in [5, 5.41) is 12.1. The second kappa shape index (κ2) is 5.14. The first-order valence-corrected chi connectivity index (χ1v) is 5.10. The fourth-order valence-corrected chi connectivity index (χ4v) is 1.46. The zero-order valence-corrected chi connectivity index (χ0v) is 9.51. The van der Waals surface area contributed by atoms with Gasteiger partial charge in [0.15, 0.2) is 0 Å². The van der Waals surface area contributed by atoms with Crippen molar-refractivity contribution in [2.75, 3.05) is 6.61 Å². The molecule has 4 heteroatoms. The van der Waals surface area contributed by atoms with E-state index >= 15 is 0 Å². The molecule has 0 heterocycles. The van der Waals surface area contributed by atoms with Crippen molar-refractivity contribution >= 4 is 17.5 Å². The maximum absolute atomic E-state index is 11.7. The number of rotatable bonds is 3. The molecule has 0 fully saturated rings. The molecule has 0 unspecified atom stereocenters. The van der Waals surface area contributed by atoms with E-state index in [-0.39, 0.29) is 18.6 Å². The molecular weight excluding hydrogens is 214 g/mol. The highest BCUT2D eigenvalue weighted by molar-refractivity contribution is 6.30. The molecule has 15 heavy (non-hydrogen) atoms. The Labute approximate surface area is 94.1 Å². The van der Waals surface area contributed by atoms with Gasteiger partial charge >= 0.3 is 0 Å². The molecule has 0 saturated heterocycles. The Morgan fingerprint density at radius 2 is 2.27 bits per heavy atom. The lowest BCUT2D eigenvalue weighted by Gasteiger charge is -2.12. The highest BCUT2D eigenvalue weighted by Crippen LogP contribution is 2.15.